The number of hydrogen-bond acceptors (Lipinski definition) is 3. The Labute approximate surface area is 114 Å². The third-order valence-electron chi connectivity index (χ3n) is 2.61. The van der Waals surface area contributed by atoms with Crippen molar-refractivity contribution in [3.05, 3.63) is 64.7 Å². The maximum atomic E-state index is 13.6. The van der Waals surface area contributed by atoms with E-state index >= 15 is 0 Å². The van der Waals surface area contributed by atoms with E-state index in [0.717, 1.165) is 18.2 Å². The summed E-state index contributed by atoms with van der Waals surface area (Å²) < 4.78 is 32.0. The van der Waals surface area contributed by atoms with Gasteiger partial charge in [0.15, 0.2) is 0 Å². The Morgan fingerprint density at radius 3 is 2.65 bits per heavy atom. The molecule has 0 N–H and O–H groups in total. The Kier molecular flexibility index (Phi) is 4.06. The summed E-state index contributed by atoms with van der Waals surface area (Å²) in [5.74, 6) is -1.04. The zero-order valence-electron chi connectivity index (χ0n) is 10.3. The molecule has 3 nitrogen and oxygen atoms in total. The molecule has 0 aliphatic carbocycles. The monoisotopic (exact) mass is 273 g/mol. The van der Waals surface area contributed by atoms with Crippen molar-refractivity contribution in [1.82, 2.24) is 0 Å². The molecule has 2 rings (SSSR count). The molecular weight excluding hydrogens is 264 g/mol. The van der Waals surface area contributed by atoms with Gasteiger partial charge in [0.1, 0.15) is 30.3 Å². The molecule has 0 saturated carbocycles. The minimum atomic E-state index is -0.607. The van der Waals surface area contributed by atoms with E-state index in [0.29, 0.717) is 6.29 Å². The van der Waals surface area contributed by atoms with Gasteiger partial charge in [0, 0.05) is 17.2 Å². The molecule has 0 unspecified atom stereocenters. The van der Waals surface area contributed by atoms with Crippen LogP contribution < -0.4 is 4.74 Å². The molecule has 0 aromatic heterocycles. The summed E-state index contributed by atoms with van der Waals surface area (Å²) in [4.78, 5) is 10.6. The fraction of sp³-hybridized carbons (Fsp3) is 0.0667. The summed E-state index contributed by atoms with van der Waals surface area (Å²) in [5, 5.41) is 8.63. The molecule has 20 heavy (non-hydrogen) atoms. The number of nitriles is 1. The van der Waals surface area contributed by atoms with Crippen LogP contribution in [0.5, 0.6) is 5.75 Å². The molecule has 0 aliphatic heterocycles. The number of hydrogen-bond donors (Lipinski definition) is 0. The summed E-state index contributed by atoms with van der Waals surface area (Å²) in [6.45, 7) is -0.126. The van der Waals surface area contributed by atoms with Crippen LogP contribution in [0.3, 0.4) is 0 Å². The highest BCUT2D eigenvalue weighted by Crippen LogP contribution is 2.18. The summed E-state index contributed by atoms with van der Waals surface area (Å²) in [5.41, 5.74) is 0.585. The Morgan fingerprint density at radius 1 is 1.20 bits per heavy atom. The van der Waals surface area contributed by atoms with Crippen LogP contribution in [0.1, 0.15) is 21.5 Å². The fourth-order valence-corrected chi connectivity index (χ4v) is 1.63. The van der Waals surface area contributed by atoms with Crippen molar-refractivity contribution in [2.24, 2.45) is 0 Å². The molecule has 0 heterocycles. The van der Waals surface area contributed by atoms with Crippen molar-refractivity contribution in [3.63, 3.8) is 0 Å². The van der Waals surface area contributed by atoms with Gasteiger partial charge in [0.25, 0.3) is 0 Å². The predicted octanol–water partition coefficient (Wildman–Crippen LogP) is 3.23. The van der Waals surface area contributed by atoms with Crippen LogP contribution in [-0.4, -0.2) is 6.29 Å². The molecule has 5 heteroatoms. The smallest absolute Gasteiger partial charge is 0.150 e. The van der Waals surface area contributed by atoms with Crippen molar-refractivity contribution in [2.45, 2.75) is 6.61 Å². The molecule has 0 spiro atoms. The largest absolute Gasteiger partial charge is 0.489 e. The van der Waals surface area contributed by atoms with Crippen LogP contribution in [0.4, 0.5) is 8.78 Å². The molecular formula is C15H9F2NO2. The van der Waals surface area contributed by atoms with E-state index < -0.39 is 11.6 Å². The van der Waals surface area contributed by atoms with Crippen LogP contribution >= 0.6 is 0 Å². The molecule has 0 aliphatic rings. The molecule has 0 amide bonds. The van der Waals surface area contributed by atoms with Gasteiger partial charge in [0.05, 0.1) is 11.6 Å². The highest BCUT2D eigenvalue weighted by Gasteiger charge is 2.06. The second kappa shape index (κ2) is 5.93. The minimum absolute atomic E-state index is 0.126. The standard InChI is InChI=1S/C15H9F2NO2/c16-13-3-11(8-19)4-14(6-13)20-9-12-2-1-10(7-18)5-15(12)17/h1-6,8H,9H2. The molecule has 100 valence electrons. The van der Waals surface area contributed by atoms with Crippen LogP contribution in [0.2, 0.25) is 0 Å². The van der Waals surface area contributed by atoms with Crippen molar-refractivity contribution in [1.29, 1.82) is 5.26 Å². The molecule has 0 bridgehead atoms. The predicted molar refractivity (Wildman–Crippen MR) is 67.2 cm³/mol. The Hall–Kier alpha value is -2.74. The first-order chi connectivity index (χ1) is 9.62. The second-order valence-electron chi connectivity index (χ2n) is 4.04. The summed E-state index contributed by atoms with van der Waals surface area (Å²) in [6, 6.07) is 9.34. The van der Waals surface area contributed by atoms with Crippen molar-refractivity contribution < 1.29 is 18.3 Å². The van der Waals surface area contributed by atoms with Crippen molar-refractivity contribution in [2.75, 3.05) is 0 Å². The Balaban J connectivity index is 2.15. The van der Waals surface area contributed by atoms with Crippen LogP contribution in [0, 0.1) is 23.0 Å². The first-order valence-electron chi connectivity index (χ1n) is 5.69. The number of rotatable bonds is 4. The van der Waals surface area contributed by atoms with Gasteiger partial charge in [0.2, 0.25) is 0 Å². The maximum Gasteiger partial charge on any atom is 0.150 e. The van der Waals surface area contributed by atoms with E-state index in [1.165, 1.54) is 18.2 Å². The van der Waals surface area contributed by atoms with E-state index in [4.69, 9.17) is 10.00 Å². The van der Waals surface area contributed by atoms with Gasteiger partial charge in [-0.25, -0.2) is 8.78 Å². The zero-order chi connectivity index (χ0) is 14.5. The van der Waals surface area contributed by atoms with Gasteiger partial charge < -0.3 is 4.74 Å². The lowest BCUT2D eigenvalue weighted by Gasteiger charge is -2.08. The van der Waals surface area contributed by atoms with E-state index in [1.54, 1.807) is 0 Å². The van der Waals surface area contributed by atoms with Crippen molar-refractivity contribution in [3.8, 4) is 11.8 Å². The number of carbonyl (C=O) groups is 1. The van der Waals surface area contributed by atoms with Crippen LogP contribution in [0.15, 0.2) is 36.4 Å². The fourth-order valence-electron chi connectivity index (χ4n) is 1.63. The lowest BCUT2D eigenvalue weighted by Crippen LogP contribution is -2.00. The number of carbonyl (C=O) groups excluding carboxylic acids is 1. The van der Waals surface area contributed by atoms with Crippen LogP contribution in [-0.2, 0) is 6.61 Å². The topological polar surface area (TPSA) is 50.1 Å². The lowest BCUT2D eigenvalue weighted by atomic mass is 10.1. The molecule has 0 radical (unpaired) electrons. The highest BCUT2D eigenvalue weighted by molar-refractivity contribution is 5.75. The van der Waals surface area contributed by atoms with E-state index in [2.05, 4.69) is 0 Å². The first-order valence-corrected chi connectivity index (χ1v) is 5.69. The number of halogens is 2. The molecule has 2 aromatic carbocycles. The maximum absolute atomic E-state index is 13.6. The normalized spacial score (nSPS) is 9.85. The molecule has 0 fully saturated rings. The third kappa shape index (κ3) is 3.18. The quantitative estimate of drug-likeness (QED) is 0.803. The summed E-state index contributed by atoms with van der Waals surface area (Å²) >= 11 is 0. The van der Waals surface area contributed by atoms with Gasteiger partial charge in [-0.15, -0.1) is 0 Å². The Bertz CT molecular complexity index is 693. The zero-order valence-corrected chi connectivity index (χ0v) is 10.3. The van der Waals surface area contributed by atoms with Crippen molar-refractivity contribution >= 4 is 6.29 Å². The summed E-state index contributed by atoms with van der Waals surface area (Å²) in [7, 11) is 0. The van der Waals surface area contributed by atoms with Gasteiger partial charge in [-0.3, -0.25) is 4.79 Å². The van der Waals surface area contributed by atoms with Crippen LogP contribution in [0.25, 0.3) is 0 Å². The summed E-state index contributed by atoms with van der Waals surface area (Å²) in [6.07, 6.45) is 0.498. The molecule has 0 saturated heterocycles. The number of benzene rings is 2. The molecule has 0 atom stereocenters. The first kappa shape index (κ1) is 13.7. The average molecular weight is 273 g/mol. The minimum Gasteiger partial charge on any atom is -0.489 e. The third-order valence-corrected chi connectivity index (χ3v) is 2.61. The number of nitrogens with zero attached hydrogens (tertiary/aromatic N) is 1. The second-order valence-corrected chi connectivity index (χ2v) is 4.04. The van der Waals surface area contributed by atoms with E-state index in [9.17, 15) is 13.6 Å². The van der Waals surface area contributed by atoms with Gasteiger partial charge in [-0.05, 0) is 24.3 Å². The van der Waals surface area contributed by atoms with Gasteiger partial charge >= 0.3 is 0 Å². The number of aldehydes is 1. The average Bonchev–Trinajstić information content (AvgIpc) is 2.45. The highest BCUT2D eigenvalue weighted by atomic mass is 19.1. The number of ether oxygens (including phenoxy) is 1. The van der Waals surface area contributed by atoms with Gasteiger partial charge in [-0.1, -0.05) is 6.07 Å². The SMILES string of the molecule is N#Cc1ccc(COc2cc(F)cc(C=O)c2)c(F)c1. The van der Waals surface area contributed by atoms with E-state index in [1.807, 2.05) is 6.07 Å². The Morgan fingerprint density at radius 2 is 2.00 bits per heavy atom. The lowest BCUT2D eigenvalue weighted by molar-refractivity contribution is 0.112. The molecule has 2 aromatic rings. The van der Waals surface area contributed by atoms with Gasteiger partial charge in [-0.2, -0.15) is 5.26 Å². The van der Waals surface area contributed by atoms with E-state index in [-0.39, 0.29) is 29.0 Å².